The van der Waals surface area contributed by atoms with Crippen molar-refractivity contribution >= 4 is 22.5 Å². The Bertz CT molecular complexity index is 1260. The molecule has 0 atom stereocenters. The highest BCUT2D eigenvalue weighted by molar-refractivity contribution is 6.06. The Balaban J connectivity index is 1.62. The fourth-order valence-electron chi connectivity index (χ4n) is 3.07. The van der Waals surface area contributed by atoms with Crippen LogP contribution in [0.15, 0.2) is 77.9 Å². The molecule has 1 amide bonds. The number of nitrogens with one attached hydrogen (secondary N) is 1. The number of fused-ring (bicyclic) bond motifs is 1. The Morgan fingerprint density at radius 2 is 1.53 bits per heavy atom. The number of rotatable bonds is 5. The molecule has 3 aromatic carbocycles. The number of hydrogen-bond acceptors (Lipinski definition) is 5. The van der Waals surface area contributed by atoms with Gasteiger partial charge in [-0.25, -0.2) is 4.98 Å². The third-order valence-corrected chi connectivity index (χ3v) is 4.72. The lowest BCUT2D eigenvalue weighted by atomic mass is 10.1. The van der Waals surface area contributed by atoms with Crippen LogP contribution in [-0.4, -0.2) is 29.7 Å². The van der Waals surface area contributed by atoms with Gasteiger partial charge in [-0.2, -0.15) is 0 Å². The zero-order valence-electron chi connectivity index (χ0n) is 16.5. The second-order valence-corrected chi connectivity index (χ2v) is 6.53. The van der Waals surface area contributed by atoms with Gasteiger partial charge in [0, 0.05) is 11.3 Å². The maximum absolute atomic E-state index is 12.9. The van der Waals surface area contributed by atoms with E-state index in [-0.39, 0.29) is 11.5 Å². The van der Waals surface area contributed by atoms with Crippen LogP contribution in [0.2, 0.25) is 0 Å². The predicted octanol–water partition coefficient (Wildman–Crippen LogP) is 3.66. The van der Waals surface area contributed by atoms with Crippen LogP contribution in [0, 0.1) is 0 Å². The van der Waals surface area contributed by atoms with Gasteiger partial charge in [-0.15, -0.1) is 0 Å². The quantitative estimate of drug-likeness (QED) is 0.552. The molecule has 4 rings (SSSR count). The number of aromatic nitrogens is 2. The van der Waals surface area contributed by atoms with Crippen LogP contribution in [0.4, 0.5) is 5.69 Å². The average Bonchev–Trinajstić information content (AvgIpc) is 2.79. The van der Waals surface area contributed by atoms with E-state index >= 15 is 0 Å². The van der Waals surface area contributed by atoms with Gasteiger partial charge in [-0.3, -0.25) is 14.2 Å². The smallest absolute Gasteiger partial charge is 0.265 e. The van der Waals surface area contributed by atoms with E-state index in [4.69, 9.17) is 9.47 Å². The van der Waals surface area contributed by atoms with Crippen LogP contribution in [0.1, 0.15) is 10.4 Å². The first-order valence-electron chi connectivity index (χ1n) is 9.20. The summed E-state index contributed by atoms with van der Waals surface area (Å²) in [6, 6.07) is 19.0. The Morgan fingerprint density at radius 1 is 0.900 bits per heavy atom. The Morgan fingerprint density at radius 3 is 2.17 bits per heavy atom. The molecule has 1 aromatic heterocycles. The molecule has 1 N–H and O–H groups in total. The Kier molecular flexibility index (Phi) is 5.17. The summed E-state index contributed by atoms with van der Waals surface area (Å²) in [7, 11) is 3.17. The first-order chi connectivity index (χ1) is 14.6. The summed E-state index contributed by atoms with van der Waals surface area (Å²) < 4.78 is 11.7. The minimum Gasteiger partial charge on any atom is -0.497 e. The van der Waals surface area contributed by atoms with Gasteiger partial charge in [0.1, 0.15) is 17.8 Å². The van der Waals surface area contributed by atoms with Crippen molar-refractivity contribution in [3.8, 4) is 17.2 Å². The zero-order valence-corrected chi connectivity index (χ0v) is 16.5. The van der Waals surface area contributed by atoms with Gasteiger partial charge < -0.3 is 14.8 Å². The van der Waals surface area contributed by atoms with Crippen LogP contribution in [0.5, 0.6) is 11.5 Å². The summed E-state index contributed by atoms with van der Waals surface area (Å²) in [6.45, 7) is 0. The van der Waals surface area contributed by atoms with Crippen LogP contribution < -0.4 is 20.3 Å². The highest BCUT2D eigenvalue weighted by atomic mass is 16.5. The van der Waals surface area contributed by atoms with E-state index in [0.717, 1.165) is 0 Å². The molecular formula is C23H19N3O4. The Labute approximate surface area is 172 Å². The van der Waals surface area contributed by atoms with Crippen molar-refractivity contribution in [1.82, 2.24) is 9.55 Å². The summed E-state index contributed by atoms with van der Waals surface area (Å²) in [6.07, 6.45) is 1.46. The first-order valence-corrected chi connectivity index (χ1v) is 9.20. The van der Waals surface area contributed by atoms with Gasteiger partial charge >= 0.3 is 0 Å². The van der Waals surface area contributed by atoms with Crippen LogP contribution in [0.3, 0.4) is 0 Å². The van der Waals surface area contributed by atoms with E-state index in [1.807, 2.05) is 0 Å². The van der Waals surface area contributed by atoms with E-state index in [0.29, 0.717) is 39.3 Å². The normalized spacial score (nSPS) is 10.6. The molecular weight excluding hydrogens is 382 g/mol. The molecule has 0 bridgehead atoms. The monoisotopic (exact) mass is 401 g/mol. The molecule has 0 aliphatic rings. The van der Waals surface area contributed by atoms with E-state index < -0.39 is 0 Å². The van der Waals surface area contributed by atoms with Gasteiger partial charge in [0.15, 0.2) is 0 Å². The van der Waals surface area contributed by atoms with Crippen molar-refractivity contribution in [1.29, 1.82) is 0 Å². The van der Waals surface area contributed by atoms with Crippen molar-refractivity contribution < 1.29 is 14.3 Å². The molecule has 0 saturated heterocycles. The molecule has 1 heterocycles. The topological polar surface area (TPSA) is 82.5 Å². The van der Waals surface area contributed by atoms with Gasteiger partial charge in [0.25, 0.3) is 11.5 Å². The average molecular weight is 401 g/mol. The van der Waals surface area contributed by atoms with Gasteiger partial charge in [-0.05, 0) is 66.7 Å². The maximum atomic E-state index is 12.9. The van der Waals surface area contributed by atoms with E-state index in [9.17, 15) is 9.59 Å². The molecule has 4 aromatic rings. The number of methoxy groups -OCH3 is 2. The number of hydrogen-bond donors (Lipinski definition) is 1. The molecule has 7 heteroatoms. The molecule has 150 valence electrons. The molecule has 0 radical (unpaired) electrons. The molecule has 7 nitrogen and oxygen atoms in total. The molecule has 0 aliphatic heterocycles. The summed E-state index contributed by atoms with van der Waals surface area (Å²) in [5.74, 6) is 1.12. The minimum absolute atomic E-state index is 0.215. The number of benzene rings is 3. The SMILES string of the molecule is COc1ccc(NC(=O)c2ccc3c(=O)n(-c4ccc(OC)cc4)cnc3c2)cc1. The van der Waals surface area contributed by atoms with Crippen LogP contribution in [-0.2, 0) is 0 Å². The lowest BCUT2D eigenvalue weighted by Gasteiger charge is -2.09. The summed E-state index contributed by atoms with van der Waals surface area (Å²) in [4.78, 5) is 29.8. The second kappa shape index (κ2) is 8.08. The molecule has 0 unspecified atom stereocenters. The first kappa shape index (κ1) is 19.2. The summed E-state index contributed by atoms with van der Waals surface area (Å²) in [5.41, 5.74) is 1.96. The van der Waals surface area contributed by atoms with Gasteiger partial charge in [0.05, 0.1) is 30.8 Å². The minimum atomic E-state index is -0.289. The van der Waals surface area contributed by atoms with Gasteiger partial charge in [0.2, 0.25) is 0 Å². The number of carbonyl (C=O) groups excluding carboxylic acids is 1. The summed E-state index contributed by atoms with van der Waals surface area (Å²) in [5, 5.41) is 3.24. The molecule has 30 heavy (non-hydrogen) atoms. The number of ether oxygens (including phenoxy) is 2. The lowest BCUT2D eigenvalue weighted by molar-refractivity contribution is 0.102. The molecule has 0 aliphatic carbocycles. The fraction of sp³-hybridized carbons (Fsp3) is 0.0870. The predicted molar refractivity (Wildman–Crippen MR) is 115 cm³/mol. The number of carbonyl (C=O) groups is 1. The van der Waals surface area contributed by atoms with Crippen LogP contribution >= 0.6 is 0 Å². The van der Waals surface area contributed by atoms with E-state index in [2.05, 4.69) is 10.3 Å². The number of anilines is 1. The maximum Gasteiger partial charge on any atom is 0.265 e. The largest absolute Gasteiger partial charge is 0.497 e. The van der Waals surface area contributed by atoms with Crippen molar-refractivity contribution in [3.63, 3.8) is 0 Å². The molecule has 0 saturated carbocycles. The van der Waals surface area contributed by atoms with Crippen LogP contribution in [0.25, 0.3) is 16.6 Å². The highest BCUT2D eigenvalue weighted by Crippen LogP contribution is 2.18. The highest BCUT2D eigenvalue weighted by Gasteiger charge is 2.11. The molecule has 0 spiro atoms. The van der Waals surface area contributed by atoms with E-state index in [1.165, 1.54) is 10.9 Å². The van der Waals surface area contributed by atoms with Crippen molar-refractivity contribution in [2.45, 2.75) is 0 Å². The second-order valence-electron chi connectivity index (χ2n) is 6.53. The van der Waals surface area contributed by atoms with Crippen molar-refractivity contribution in [2.24, 2.45) is 0 Å². The zero-order chi connectivity index (χ0) is 21.1. The third kappa shape index (κ3) is 3.73. The Hall–Kier alpha value is -4.13. The fourth-order valence-corrected chi connectivity index (χ4v) is 3.07. The lowest BCUT2D eigenvalue weighted by Crippen LogP contribution is -2.19. The molecule has 0 fully saturated rings. The van der Waals surface area contributed by atoms with Crippen molar-refractivity contribution in [3.05, 3.63) is 89.0 Å². The summed E-state index contributed by atoms with van der Waals surface area (Å²) >= 11 is 0. The number of nitrogens with zero attached hydrogens (tertiary/aromatic N) is 2. The number of amides is 1. The van der Waals surface area contributed by atoms with E-state index in [1.54, 1.807) is 80.9 Å². The third-order valence-electron chi connectivity index (χ3n) is 4.72. The standard InChI is InChI=1S/C23H19N3O4/c1-29-18-8-4-16(5-9-18)25-22(27)15-3-12-20-21(13-15)24-14-26(23(20)28)17-6-10-19(30-2)11-7-17/h3-14H,1-2H3,(H,25,27). The van der Waals surface area contributed by atoms with Crippen molar-refractivity contribution in [2.75, 3.05) is 19.5 Å². The van der Waals surface area contributed by atoms with Gasteiger partial charge in [-0.1, -0.05) is 0 Å².